The quantitative estimate of drug-likeness (QED) is 0.815. The van der Waals surface area contributed by atoms with E-state index in [9.17, 15) is 4.79 Å². The molecule has 3 aliphatic heterocycles. The van der Waals surface area contributed by atoms with Crippen LogP contribution in [-0.2, 0) is 25.6 Å². The van der Waals surface area contributed by atoms with E-state index in [2.05, 4.69) is 4.98 Å². The molecule has 6 heteroatoms. The molecular weight excluding hydrogens is 320 g/mol. The van der Waals surface area contributed by atoms with Crippen molar-refractivity contribution in [2.24, 2.45) is 0 Å². The Labute approximate surface area is 148 Å². The van der Waals surface area contributed by atoms with Gasteiger partial charge in [0.25, 0.3) is 5.91 Å². The minimum atomic E-state index is -0.224. The Hall–Kier alpha value is -1.50. The summed E-state index contributed by atoms with van der Waals surface area (Å²) in [5, 5.41) is 0. The summed E-state index contributed by atoms with van der Waals surface area (Å²) in [7, 11) is 0. The lowest BCUT2D eigenvalue weighted by Gasteiger charge is -2.36. The number of likely N-dealkylation sites (tertiary alicyclic amines) is 1. The van der Waals surface area contributed by atoms with Gasteiger partial charge in [-0.2, -0.15) is 0 Å². The molecule has 4 heterocycles. The fourth-order valence-electron chi connectivity index (χ4n) is 4.13. The molecule has 0 spiro atoms. The molecule has 25 heavy (non-hydrogen) atoms. The molecule has 1 aromatic rings. The van der Waals surface area contributed by atoms with E-state index in [-0.39, 0.29) is 30.3 Å². The van der Waals surface area contributed by atoms with Crippen LogP contribution in [0, 0.1) is 0 Å². The Balaban J connectivity index is 1.25. The molecule has 3 aliphatic rings. The van der Waals surface area contributed by atoms with Gasteiger partial charge in [-0.05, 0) is 44.2 Å². The average Bonchev–Trinajstić information content (AvgIpc) is 3.32. The van der Waals surface area contributed by atoms with Crippen LogP contribution in [0.2, 0.25) is 0 Å². The predicted molar refractivity (Wildman–Crippen MR) is 90.9 cm³/mol. The van der Waals surface area contributed by atoms with Gasteiger partial charge < -0.3 is 19.1 Å². The third-order valence-corrected chi connectivity index (χ3v) is 5.40. The molecule has 0 saturated carbocycles. The summed E-state index contributed by atoms with van der Waals surface area (Å²) in [5.74, 6) is 0.165. The number of aromatic nitrogens is 1. The van der Waals surface area contributed by atoms with E-state index in [0.717, 1.165) is 44.3 Å². The first-order valence-corrected chi connectivity index (χ1v) is 9.36. The molecule has 1 aromatic heterocycles. The molecule has 0 aromatic carbocycles. The highest BCUT2D eigenvalue weighted by Gasteiger charge is 2.44. The minimum Gasteiger partial charge on any atom is -0.372 e. The van der Waals surface area contributed by atoms with Gasteiger partial charge in [0.2, 0.25) is 0 Å². The molecule has 136 valence electrons. The third kappa shape index (κ3) is 3.86. The average molecular weight is 346 g/mol. The van der Waals surface area contributed by atoms with Crippen molar-refractivity contribution in [1.82, 2.24) is 9.88 Å². The van der Waals surface area contributed by atoms with Gasteiger partial charge in [0.05, 0.1) is 37.2 Å². The van der Waals surface area contributed by atoms with Gasteiger partial charge in [-0.25, -0.2) is 0 Å². The Morgan fingerprint density at radius 3 is 3.04 bits per heavy atom. The van der Waals surface area contributed by atoms with Crippen LogP contribution in [0.3, 0.4) is 0 Å². The highest BCUT2D eigenvalue weighted by atomic mass is 16.5. The SMILES string of the molecule is O=C(C1CCCO1)N1CC[C@@H]2O[C@@H](COCc3ccccn3)CC[C@@H]21. The van der Waals surface area contributed by atoms with Crippen LogP contribution in [0.25, 0.3) is 0 Å². The zero-order chi connectivity index (χ0) is 17.1. The molecule has 0 bridgehead atoms. The predicted octanol–water partition coefficient (Wildman–Crippen LogP) is 1.93. The highest BCUT2D eigenvalue weighted by molar-refractivity contribution is 5.81. The van der Waals surface area contributed by atoms with Crippen molar-refractivity contribution in [2.45, 2.75) is 63.1 Å². The van der Waals surface area contributed by atoms with Crippen LogP contribution in [0.1, 0.15) is 37.8 Å². The summed E-state index contributed by atoms with van der Waals surface area (Å²) in [6.45, 7) is 2.60. The number of pyridine rings is 1. The van der Waals surface area contributed by atoms with Crippen LogP contribution in [0.4, 0.5) is 0 Å². The Bertz CT molecular complexity index is 576. The summed E-state index contributed by atoms with van der Waals surface area (Å²) >= 11 is 0. The summed E-state index contributed by atoms with van der Waals surface area (Å²) in [5.41, 5.74) is 0.936. The van der Waals surface area contributed by atoms with Gasteiger partial charge in [0.15, 0.2) is 0 Å². The number of carbonyl (C=O) groups excluding carboxylic acids is 1. The van der Waals surface area contributed by atoms with Crippen LogP contribution < -0.4 is 0 Å². The standard InChI is InChI=1S/C19H26N2O4/c22-19(18-5-3-11-24-18)21-10-8-17-16(21)7-6-15(25-17)13-23-12-14-4-1-2-9-20-14/h1-2,4,9,15-18H,3,5-8,10-13H2/t15-,16+,17+,18?/m1/s1. The fourth-order valence-corrected chi connectivity index (χ4v) is 4.13. The first-order valence-electron chi connectivity index (χ1n) is 9.36. The van der Waals surface area contributed by atoms with Crippen LogP contribution in [0.15, 0.2) is 24.4 Å². The van der Waals surface area contributed by atoms with Gasteiger partial charge >= 0.3 is 0 Å². The monoisotopic (exact) mass is 346 g/mol. The zero-order valence-corrected chi connectivity index (χ0v) is 14.5. The maximum atomic E-state index is 12.6. The summed E-state index contributed by atoms with van der Waals surface area (Å²) in [4.78, 5) is 18.9. The van der Waals surface area contributed by atoms with E-state index in [4.69, 9.17) is 14.2 Å². The lowest BCUT2D eigenvalue weighted by Crippen LogP contribution is -2.48. The fraction of sp³-hybridized carbons (Fsp3) is 0.684. The number of hydrogen-bond donors (Lipinski definition) is 0. The molecule has 4 rings (SSSR count). The van der Waals surface area contributed by atoms with Crippen LogP contribution in [0.5, 0.6) is 0 Å². The van der Waals surface area contributed by atoms with E-state index < -0.39 is 0 Å². The molecular formula is C19H26N2O4. The van der Waals surface area contributed by atoms with E-state index in [1.807, 2.05) is 23.1 Å². The van der Waals surface area contributed by atoms with Crippen molar-refractivity contribution in [3.05, 3.63) is 30.1 Å². The molecule has 4 atom stereocenters. The molecule has 0 N–H and O–H groups in total. The number of amides is 1. The van der Waals surface area contributed by atoms with E-state index >= 15 is 0 Å². The topological polar surface area (TPSA) is 60.9 Å². The van der Waals surface area contributed by atoms with Gasteiger partial charge in [-0.3, -0.25) is 9.78 Å². The van der Waals surface area contributed by atoms with Crippen molar-refractivity contribution < 1.29 is 19.0 Å². The zero-order valence-electron chi connectivity index (χ0n) is 14.5. The normalized spacial score (nSPS) is 31.9. The Morgan fingerprint density at radius 2 is 2.24 bits per heavy atom. The number of fused-ring (bicyclic) bond motifs is 1. The molecule has 3 saturated heterocycles. The van der Waals surface area contributed by atoms with Crippen LogP contribution in [-0.4, -0.2) is 59.9 Å². The van der Waals surface area contributed by atoms with Gasteiger partial charge in [0, 0.05) is 19.3 Å². The number of carbonyl (C=O) groups is 1. The summed E-state index contributed by atoms with van der Waals surface area (Å²) in [6.07, 6.45) is 6.49. The third-order valence-electron chi connectivity index (χ3n) is 5.40. The minimum absolute atomic E-state index is 0.114. The van der Waals surface area contributed by atoms with E-state index in [1.54, 1.807) is 6.20 Å². The largest absolute Gasteiger partial charge is 0.372 e. The molecule has 0 radical (unpaired) electrons. The Kier molecular flexibility index (Phi) is 5.29. The second-order valence-electron chi connectivity index (χ2n) is 7.10. The molecule has 3 fully saturated rings. The first-order chi connectivity index (χ1) is 12.3. The lowest BCUT2D eigenvalue weighted by molar-refractivity contribution is -0.148. The van der Waals surface area contributed by atoms with Crippen molar-refractivity contribution in [3.8, 4) is 0 Å². The number of ether oxygens (including phenoxy) is 3. The van der Waals surface area contributed by atoms with Crippen molar-refractivity contribution in [2.75, 3.05) is 19.8 Å². The highest BCUT2D eigenvalue weighted by Crippen LogP contribution is 2.33. The van der Waals surface area contributed by atoms with E-state index in [1.165, 1.54) is 0 Å². The van der Waals surface area contributed by atoms with E-state index in [0.29, 0.717) is 19.8 Å². The summed E-state index contributed by atoms with van der Waals surface area (Å²) < 4.78 is 17.6. The smallest absolute Gasteiger partial charge is 0.252 e. The second kappa shape index (κ2) is 7.81. The van der Waals surface area contributed by atoms with Gasteiger partial charge in [-0.15, -0.1) is 0 Å². The number of hydrogen-bond acceptors (Lipinski definition) is 5. The van der Waals surface area contributed by atoms with Crippen molar-refractivity contribution >= 4 is 5.91 Å². The first kappa shape index (κ1) is 16.9. The lowest BCUT2D eigenvalue weighted by atomic mass is 9.99. The molecule has 6 nitrogen and oxygen atoms in total. The number of nitrogens with zero attached hydrogens (tertiary/aromatic N) is 2. The van der Waals surface area contributed by atoms with Crippen molar-refractivity contribution in [3.63, 3.8) is 0 Å². The maximum Gasteiger partial charge on any atom is 0.252 e. The Morgan fingerprint density at radius 1 is 1.28 bits per heavy atom. The van der Waals surface area contributed by atoms with Gasteiger partial charge in [0.1, 0.15) is 6.10 Å². The van der Waals surface area contributed by atoms with Crippen LogP contribution >= 0.6 is 0 Å². The number of rotatable bonds is 5. The molecule has 1 amide bonds. The van der Waals surface area contributed by atoms with Gasteiger partial charge in [-0.1, -0.05) is 6.07 Å². The molecule has 0 aliphatic carbocycles. The maximum absolute atomic E-state index is 12.6. The van der Waals surface area contributed by atoms with Crippen molar-refractivity contribution in [1.29, 1.82) is 0 Å². The second-order valence-corrected chi connectivity index (χ2v) is 7.10. The molecule has 1 unspecified atom stereocenters. The summed E-state index contributed by atoms with van der Waals surface area (Å²) in [6, 6.07) is 6.04.